The number of imidazole rings is 1. The number of hydrogen-bond acceptors (Lipinski definition) is 4. The molecule has 6 heteroatoms. The number of rotatable bonds is 10. The topological polar surface area (TPSA) is 65.4 Å². The summed E-state index contributed by atoms with van der Waals surface area (Å²) < 4.78 is 13.8. The van der Waals surface area contributed by atoms with Crippen molar-refractivity contribution in [1.29, 1.82) is 0 Å². The second-order valence-electron chi connectivity index (χ2n) is 9.07. The highest BCUT2D eigenvalue weighted by molar-refractivity contribution is 5.78. The van der Waals surface area contributed by atoms with Crippen molar-refractivity contribution >= 4 is 16.9 Å². The fourth-order valence-corrected chi connectivity index (χ4v) is 3.95. The molecule has 0 spiro atoms. The molecule has 1 heterocycles. The molecule has 3 aromatic carbocycles. The van der Waals surface area contributed by atoms with E-state index in [9.17, 15) is 4.79 Å². The number of para-hydroxylation sites is 2. The molecule has 35 heavy (non-hydrogen) atoms. The standard InChI is InChI=1S/C29H33N3O3/c1-20(2)23-11-13-24(14-12-23)34-16-15-32-26-8-6-5-7-25(26)31-28(32)18-30-29(33)19-35-27-17-21(3)9-10-22(27)4/h5-14,17,20H,15-16,18-19H2,1-4H3,(H,30,33). The largest absolute Gasteiger partial charge is 0.492 e. The van der Waals surface area contributed by atoms with Crippen LogP contribution in [-0.4, -0.2) is 28.7 Å². The van der Waals surface area contributed by atoms with Crippen molar-refractivity contribution in [1.82, 2.24) is 14.9 Å². The van der Waals surface area contributed by atoms with Crippen LogP contribution in [0.1, 0.15) is 42.3 Å². The highest BCUT2D eigenvalue weighted by atomic mass is 16.5. The minimum Gasteiger partial charge on any atom is -0.492 e. The van der Waals surface area contributed by atoms with Crippen molar-refractivity contribution in [2.75, 3.05) is 13.2 Å². The van der Waals surface area contributed by atoms with E-state index in [1.807, 2.05) is 68.4 Å². The number of aryl methyl sites for hydroxylation is 2. The maximum atomic E-state index is 12.5. The maximum Gasteiger partial charge on any atom is 0.258 e. The molecule has 0 unspecified atom stereocenters. The van der Waals surface area contributed by atoms with E-state index in [2.05, 4.69) is 35.9 Å². The highest BCUT2D eigenvalue weighted by Crippen LogP contribution is 2.21. The summed E-state index contributed by atoms with van der Waals surface area (Å²) in [6.45, 7) is 9.71. The third-order valence-corrected chi connectivity index (χ3v) is 6.01. The van der Waals surface area contributed by atoms with Crippen molar-refractivity contribution in [3.8, 4) is 11.5 Å². The predicted octanol–water partition coefficient (Wildman–Crippen LogP) is 5.55. The van der Waals surface area contributed by atoms with Gasteiger partial charge in [0.05, 0.1) is 24.1 Å². The molecule has 1 amide bonds. The Bertz CT molecular complexity index is 1290. The maximum absolute atomic E-state index is 12.5. The normalized spacial score (nSPS) is 11.1. The number of nitrogens with zero attached hydrogens (tertiary/aromatic N) is 2. The van der Waals surface area contributed by atoms with E-state index in [0.717, 1.165) is 39.5 Å². The SMILES string of the molecule is Cc1ccc(C)c(OCC(=O)NCc2nc3ccccc3n2CCOc2ccc(C(C)C)cc2)c1. The molecule has 0 fully saturated rings. The van der Waals surface area contributed by atoms with Crippen LogP contribution < -0.4 is 14.8 Å². The Kier molecular flexibility index (Phi) is 7.70. The van der Waals surface area contributed by atoms with E-state index in [1.165, 1.54) is 5.56 Å². The summed E-state index contributed by atoms with van der Waals surface area (Å²) in [4.78, 5) is 17.2. The summed E-state index contributed by atoms with van der Waals surface area (Å²) in [5, 5.41) is 2.94. The molecule has 0 saturated carbocycles. The van der Waals surface area contributed by atoms with E-state index in [0.29, 0.717) is 25.6 Å². The van der Waals surface area contributed by atoms with E-state index < -0.39 is 0 Å². The molecule has 0 bridgehead atoms. The highest BCUT2D eigenvalue weighted by Gasteiger charge is 2.13. The number of hydrogen-bond donors (Lipinski definition) is 1. The number of fused-ring (bicyclic) bond motifs is 1. The Balaban J connectivity index is 1.37. The fourth-order valence-electron chi connectivity index (χ4n) is 3.95. The monoisotopic (exact) mass is 471 g/mol. The third kappa shape index (κ3) is 6.21. The summed E-state index contributed by atoms with van der Waals surface area (Å²) >= 11 is 0. The van der Waals surface area contributed by atoms with Gasteiger partial charge in [-0.3, -0.25) is 4.79 Å². The van der Waals surface area contributed by atoms with Crippen molar-refractivity contribution in [3.05, 3.63) is 89.2 Å². The minimum absolute atomic E-state index is 0.0417. The number of carbonyl (C=O) groups excluding carboxylic acids is 1. The first-order valence-electron chi connectivity index (χ1n) is 12.0. The van der Waals surface area contributed by atoms with E-state index >= 15 is 0 Å². The molecule has 4 rings (SSSR count). The molecule has 4 aromatic rings. The Morgan fingerprint density at radius 2 is 1.77 bits per heavy atom. The Labute approximate surface area is 206 Å². The molecule has 0 atom stereocenters. The average Bonchev–Trinajstić information content (AvgIpc) is 3.21. The van der Waals surface area contributed by atoms with E-state index in [4.69, 9.17) is 14.5 Å². The smallest absolute Gasteiger partial charge is 0.258 e. The first-order valence-corrected chi connectivity index (χ1v) is 12.0. The first kappa shape index (κ1) is 24.3. The summed E-state index contributed by atoms with van der Waals surface area (Å²) in [7, 11) is 0. The van der Waals surface area contributed by atoms with E-state index in [1.54, 1.807) is 0 Å². The molecule has 6 nitrogen and oxygen atoms in total. The fraction of sp³-hybridized carbons (Fsp3) is 0.310. The molecule has 0 aliphatic rings. The van der Waals surface area contributed by atoms with Gasteiger partial charge >= 0.3 is 0 Å². The molecule has 1 N–H and O–H groups in total. The van der Waals surface area contributed by atoms with Gasteiger partial charge in [-0.2, -0.15) is 0 Å². The van der Waals surface area contributed by atoms with Crippen molar-refractivity contribution in [3.63, 3.8) is 0 Å². The predicted molar refractivity (Wildman–Crippen MR) is 139 cm³/mol. The lowest BCUT2D eigenvalue weighted by Crippen LogP contribution is -2.30. The minimum atomic E-state index is -0.189. The van der Waals surface area contributed by atoms with Crippen LogP contribution in [0.15, 0.2) is 66.7 Å². The molecular weight excluding hydrogens is 438 g/mol. The summed E-state index contributed by atoms with van der Waals surface area (Å²) in [6.07, 6.45) is 0. The van der Waals surface area contributed by atoms with E-state index in [-0.39, 0.29) is 12.5 Å². The van der Waals surface area contributed by atoms with Crippen LogP contribution in [0.4, 0.5) is 0 Å². The number of carbonyl (C=O) groups is 1. The van der Waals surface area contributed by atoms with Gasteiger partial charge in [0.25, 0.3) is 5.91 Å². The number of amides is 1. The van der Waals surface area contributed by atoms with Gasteiger partial charge in [0.1, 0.15) is 23.9 Å². The van der Waals surface area contributed by atoms with Crippen LogP contribution in [0, 0.1) is 13.8 Å². The average molecular weight is 472 g/mol. The lowest BCUT2D eigenvalue weighted by atomic mass is 10.0. The lowest BCUT2D eigenvalue weighted by molar-refractivity contribution is -0.123. The van der Waals surface area contributed by atoms with Gasteiger partial charge in [-0.15, -0.1) is 0 Å². The van der Waals surface area contributed by atoms with Crippen molar-refractivity contribution in [2.45, 2.75) is 46.7 Å². The zero-order valence-corrected chi connectivity index (χ0v) is 20.9. The Hall–Kier alpha value is -3.80. The number of benzene rings is 3. The van der Waals surface area contributed by atoms with Gasteiger partial charge in [-0.05, 0) is 66.8 Å². The summed E-state index contributed by atoms with van der Waals surface area (Å²) in [5.74, 6) is 2.66. The quantitative estimate of drug-likeness (QED) is 0.329. The zero-order chi connectivity index (χ0) is 24.8. The summed E-state index contributed by atoms with van der Waals surface area (Å²) in [5.41, 5.74) is 5.30. The molecule has 0 saturated heterocycles. The number of nitrogens with one attached hydrogen (secondary N) is 1. The van der Waals surface area contributed by atoms with Gasteiger partial charge in [0.2, 0.25) is 0 Å². The van der Waals surface area contributed by atoms with Gasteiger partial charge in [-0.25, -0.2) is 4.98 Å². The van der Waals surface area contributed by atoms with Crippen LogP contribution in [0.3, 0.4) is 0 Å². The molecule has 0 aliphatic heterocycles. The molecule has 0 aliphatic carbocycles. The Morgan fingerprint density at radius 3 is 2.54 bits per heavy atom. The van der Waals surface area contributed by atoms with Crippen LogP contribution in [0.2, 0.25) is 0 Å². The van der Waals surface area contributed by atoms with Gasteiger partial charge < -0.3 is 19.4 Å². The number of aromatic nitrogens is 2. The second kappa shape index (κ2) is 11.1. The van der Waals surface area contributed by atoms with Crippen LogP contribution in [0.5, 0.6) is 11.5 Å². The zero-order valence-electron chi connectivity index (χ0n) is 20.9. The van der Waals surface area contributed by atoms with Gasteiger partial charge in [-0.1, -0.05) is 50.2 Å². The molecule has 1 aromatic heterocycles. The molecular formula is C29H33N3O3. The molecule has 182 valence electrons. The Morgan fingerprint density at radius 1 is 1.00 bits per heavy atom. The van der Waals surface area contributed by atoms with Crippen LogP contribution in [-0.2, 0) is 17.9 Å². The van der Waals surface area contributed by atoms with Crippen molar-refractivity contribution < 1.29 is 14.3 Å². The first-order chi connectivity index (χ1) is 16.9. The lowest BCUT2D eigenvalue weighted by Gasteiger charge is -2.13. The second-order valence-corrected chi connectivity index (χ2v) is 9.07. The summed E-state index contributed by atoms with van der Waals surface area (Å²) in [6, 6.07) is 22.2. The van der Waals surface area contributed by atoms with Crippen LogP contribution in [0.25, 0.3) is 11.0 Å². The number of ether oxygens (including phenoxy) is 2. The third-order valence-electron chi connectivity index (χ3n) is 6.01. The van der Waals surface area contributed by atoms with Crippen molar-refractivity contribution in [2.24, 2.45) is 0 Å². The van der Waals surface area contributed by atoms with Gasteiger partial charge in [0.15, 0.2) is 6.61 Å². The van der Waals surface area contributed by atoms with Crippen LogP contribution >= 0.6 is 0 Å². The molecule has 0 radical (unpaired) electrons. The van der Waals surface area contributed by atoms with Gasteiger partial charge in [0, 0.05) is 0 Å².